The Morgan fingerprint density at radius 2 is 2.14 bits per heavy atom. The Morgan fingerprint density at radius 3 is 2.86 bits per heavy atom. The number of para-hydroxylation sites is 2. The molecule has 1 aromatic carbocycles. The summed E-state index contributed by atoms with van der Waals surface area (Å²) >= 11 is 0. The molecule has 21 heavy (non-hydrogen) atoms. The highest BCUT2D eigenvalue weighted by Gasteiger charge is 2.42. The second-order valence-electron chi connectivity index (χ2n) is 6.87. The molecule has 2 fully saturated rings. The molecular weight excluding hydrogens is 260 g/mol. The van der Waals surface area contributed by atoms with E-state index in [0.717, 1.165) is 29.7 Å². The van der Waals surface area contributed by atoms with E-state index in [4.69, 9.17) is 4.98 Å². The van der Waals surface area contributed by atoms with Crippen LogP contribution in [0.5, 0.6) is 0 Å². The number of rotatable bonds is 4. The lowest BCUT2D eigenvalue weighted by Crippen LogP contribution is -2.28. The van der Waals surface area contributed by atoms with Crippen molar-refractivity contribution in [2.24, 2.45) is 17.8 Å². The average molecular weight is 284 g/mol. The number of imidazole rings is 1. The number of hydrogen-bond donors (Lipinski definition) is 1. The molecule has 2 bridgehead atoms. The van der Waals surface area contributed by atoms with Crippen LogP contribution in [-0.2, 0) is 13.0 Å². The van der Waals surface area contributed by atoms with Crippen molar-refractivity contribution >= 4 is 11.0 Å². The van der Waals surface area contributed by atoms with Gasteiger partial charge in [-0.1, -0.05) is 18.6 Å². The summed E-state index contributed by atoms with van der Waals surface area (Å²) in [7, 11) is 0. The number of benzene rings is 1. The molecule has 0 aliphatic heterocycles. The first-order chi connectivity index (χ1) is 10.3. The molecule has 2 aromatic rings. The highest BCUT2D eigenvalue weighted by Crippen LogP contribution is 2.49. The summed E-state index contributed by atoms with van der Waals surface area (Å²) < 4.78 is 2.26. The van der Waals surface area contributed by atoms with Crippen LogP contribution in [0.2, 0.25) is 0 Å². The van der Waals surface area contributed by atoms with Crippen molar-refractivity contribution in [1.29, 1.82) is 0 Å². The number of aliphatic hydroxyl groups excluding tert-OH is 1. The summed E-state index contributed by atoms with van der Waals surface area (Å²) in [6.45, 7) is 3.07. The molecule has 2 aliphatic carbocycles. The molecular formula is C18H24N2O. The van der Waals surface area contributed by atoms with Gasteiger partial charge in [-0.05, 0) is 56.1 Å². The van der Waals surface area contributed by atoms with Gasteiger partial charge in [-0.3, -0.25) is 0 Å². The monoisotopic (exact) mass is 284 g/mol. The van der Waals surface area contributed by atoms with E-state index in [1.165, 1.54) is 31.2 Å². The van der Waals surface area contributed by atoms with E-state index in [1.54, 1.807) is 0 Å². The Morgan fingerprint density at radius 1 is 1.29 bits per heavy atom. The van der Waals surface area contributed by atoms with Crippen molar-refractivity contribution < 1.29 is 5.11 Å². The third-order valence-electron chi connectivity index (χ3n) is 5.73. The van der Waals surface area contributed by atoms with Crippen LogP contribution in [0.3, 0.4) is 0 Å². The molecule has 2 aliphatic rings. The van der Waals surface area contributed by atoms with Gasteiger partial charge in [0.15, 0.2) is 0 Å². The second-order valence-corrected chi connectivity index (χ2v) is 6.87. The Kier molecular flexibility index (Phi) is 3.26. The Labute approximate surface area is 126 Å². The fourth-order valence-electron chi connectivity index (χ4n) is 4.74. The van der Waals surface area contributed by atoms with E-state index in [1.807, 2.05) is 6.07 Å². The number of aromatic nitrogens is 2. The van der Waals surface area contributed by atoms with Crippen LogP contribution in [0.1, 0.15) is 38.4 Å². The van der Waals surface area contributed by atoms with Crippen LogP contribution in [0.4, 0.5) is 0 Å². The standard InChI is InChI=1S/C18H24N2O/c1-2-20-16-6-4-3-5-15(16)19-18(20)11-17(21)14-10-12-7-8-13(14)9-12/h3-6,12-14,17,21H,2,7-11H2,1H3. The lowest BCUT2D eigenvalue weighted by Gasteiger charge is -2.26. The van der Waals surface area contributed by atoms with Crippen LogP contribution in [-0.4, -0.2) is 20.8 Å². The maximum absolute atomic E-state index is 10.7. The minimum absolute atomic E-state index is 0.220. The van der Waals surface area contributed by atoms with E-state index in [0.29, 0.717) is 12.3 Å². The van der Waals surface area contributed by atoms with Gasteiger partial charge in [-0.15, -0.1) is 0 Å². The zero-order valence-corrected chi connectivity index (χ0v) is 12.7. The first kappa shape index (κ1) is 13.3. The van der Waals surface area contributed by atoms with Crippen molar-refractivity contribution in [3.8, 4) is 0 Å². The van der Waals surface area contributed by atoms with Crippen LogP contribution >= 0.6 is 0 Å². The lowest BCUT2D eigenvalue weighted by molar-refractivity contribution is 0.0728. The predicted molar refractivity (Wildman–Crippen MR) is 84.1 cm³/mol. The van der Waals surface area contributed by atoms with E-state index in [9.17, 15) is 5.11 Å². The molecule has 1 aromatic heterocycles. The van der Waals surface area contributed by atoms with Crippen molar-refractivity contribution in [2.75, 3.05) is 0 Å². The minimum atomic E-state index is -0.220. The smallest absolute Gasteiger partial charge is 0.112 e. The molecule has 0 amide bonds. The molecule has 112 valence electrons. The first-order valence-electron chi connectivity index (χ1n) is 8.38. The maximum Gasteiger partial charge on any atom is 0.112 e. The number of aryl methyl sites for hydroxylation is 1. The predicted octanol–water partition coefficient (Wildman–Crippen LogP) is 3.40. The minimum Gasteiger partial charge on any atom is -0.392 e. The Hall–Kier alpha value is -1.35. The fraction of sp³-hybridized carbons (Fsp3) is 0.611. The molecule has 3 nitrogen and oxygen atoms in total. The summed E-state index contributed by atoms with van der Waals surface area (Å²) in [5, 5.41) is 10.7. The van der Waals surface area contributed by atoms with Gasteiger partial charge in [0.2, 0.25) is 0 Å². The molecule has 4 unspecified atom stereocenters. The van der Waals surface area contributed by atoms with Crippen molar-refractivity contribution in [3.05, 3.63) is 30.1 Å². The SMILES string of the molecule is CCn1c(CC(O)C2CC3CCC2C3)nc2ccccc21. The summed E-state index contributed by atoms with van der Waals surface area (Å²) in [6.07, 6.45) is 5.79. The number of fused-ring (bicyclic) bond motifs is 3. The van der Waals surface area contributed by atoms with Crippen LogP contribution in [0.15, 0.2) is 24.3 Å². The molecule has 0 spiro atoms. The van der Waals surface area contributed by atoms with Gasteiger partial charge >= 0.3 is 0 Å². The molecule has 0 radical (unpaired) electrons. The highest BCUT2D eigenvalue weighted by molar-refractivity contribution is 5.75. The molecule has 3 heteroatoms. The Bertz CT molecular complexity index is 648. The van der Waals surface area contributed by atoms with Gasteiger partial charge in [0.1, 0.15) is 5.82 Å². The van der Waals surface area contributed by atoms with Gasteiger partial charge in [0.05, 0.1) is 17.1 Å². The number of nitrogens with zero attached hydrogens (tertiary/aromatic N) is 2. The molecule has 1 N–H and O–H groups in total. The molecule has 4 rings (SSSR count). The zero-order chi connectivity index (χ0) is 14.4. The first-order valence-corrected chi connectivity index (χ1v) is 8.38. The fourth-order valence-corrected chi connectivity index (χ4v) is 4.74. The highest BCUT2D eigenvalue weighted by atomic mass is 16.3. The second kappa shape index (κ2) is 5.13. The molecule has 0 saturated heterocycles. The van der Waals surface area contributed by atoms with E-state index in [-0.39, 0.29) is 6.10 Å². The zero-order valence-electron chi connectivity index (χ0n) is 12.7. The van der Waals surface area contributed by atoms with Gasteiger partial charge in [-0.2, -0.15) is 0 Å². The Balaban J connectivity index is 1.59. The van der Waals surface area contributed by atoms with Crippen molar-refractivity contribution in [3.63, 3.8) is 0 Å². The summed E-state index contributed by atoms with van der Waals surface area (Å²) in [6, 6.07) is 8.28. The average Bonchev–Trinajstić information content (AvgIpc) is 3.20. The summed E-state index contributed by atoms with van der Waals surface area (Å²) in [5.74, 6) is 3.21. The van der Waals surface area contributed by atoms with Gasteiger partial charge in [0, 0.05) is 13.0 Å². The third-order valence-corrected chi connectivity index (χ3v) is 5.73. The topological polar surface area (TPSA) is 38.0 Å². The van der Waals surface area contributed by atoms with E-state index >= 15 is 0 Å². The third kappa shape index (κ3) is 2.18. The van der Waals surface area contributed by atoms with Gasteiger partial charge < -0.3 is 9.67 Å². The summed E-state index contributed by atoms with van der Waals surface area (Å²) in [4.78, 5) is 4.76. The normalized spacial score (nSPS) is 29.3. The van der Waals surface area contributed by atoms with Gasteiger partial charge in [-0.25, -0.2) is 4.98 Å². The van der Waals surface area contributed by atoms with Crippen molar-refractivity contribution in [2.45, 2.75) is 51.7 Å². The van der Waals surface area contributed by atoms with Crippen LogP contribution in [0.25, 0.3) is 11.0 Å². The summed E-state index contributed by atoms with van der Waals surface area (Å²) in [5.41, 5.74) is 2.24. The largest absolute Gasteiger partial charge is 0.392 e. The van der Waals surface area contributed by atoms with E-state index in [2.05, 4.69) is 29.7 Å². The van der Waals surface area contributed by atoms with Crippen LogP contribution in [0, 0.1) is 17.8 Å². The van der Waals surface area contributed by atoms with E-state index < -0.39 is 0 Å². The lowest BCUT2D eigenvalue weighted by atomic mass is 9.83. The van der Waals surface area contributed by atoms with Gasteiger partial charge in [0.25, 0.3) is 0 Å². The van der Waals surface area contributed by atoms with Crippen molar-refractivity contribution in [1.82, 2.24) is 9.55 Å². The number of hydrogen-bond acceptors (Lipinski definition) is 2. The molecule has 2 saturated carbocycles. The molecule has 1 heterocycles. The number of aliphatic hydroxyl groups is 1. The molecule has 4 atom stereocenters. The maximum atomic E-state index is 10.7. The quantitative estimate of drug-likeness (QED) is 0.934. The van der Waals surface area contributed by atoms with Crippen LogP contribution < -0.4 is 0 Å².